The van der Waals surface area contributed by atoms with Crippen LogP contribution >= 0.6 is 11.3 Å². The fourth-order valence-electron chi connectivity index (χ4n) is 2.93. The van der Waals surface area contributed by atoms with Crippen molar-refractivity contribution in [3.05, 3.63) is 66.7 Å². The Morgan fingerprint density at radius 1 is 0.897 bits per heavy atom. The summed E-state index contributed by atoms with van der Waals surface area (Å²) in [5.41, 5.74) is 2.06. The minimum absolute atomic E-state index is 0.0780. The van der Waals surface area contributed by atoms with E-state index < -0.39 is 10.0 Å². The highest BCUT2D eigenvalue weighted by Gasteiger charge is 2.20. The standard InChI is InChI=1S/C21H18N2O4S2/c1-26-18-12-11-14(13-19(18)27-2)29(24,25)23-16-8-4-3-7-15(16)21-22-17-9-5-6-10-20(17)28-21/h3-13,23H,1-2H3. The highest BCUT2D eigenvalue weighted by molar-refractivity contribution is 7.92. The van der Waals surface area contributed by atoms with Gasteiger partial charge in [0.2, 0.25) is 0 Å². The predicted octanol–water partition coefficient (Wildman–Crippen LogP) is 4.78. The summed E-state index contributed by atoms with van der Waals surface area (Å²) in [5.74, 6) is 0.802. The smallest absolute Gasteiger partial charge is 0.262 e. The van der Waals surface area contributed by atoms with E-state index in [4.69, 9.17) is 9.47 Å². The van der Waals surface area contributed by atoms with Crippen LogP contribution in [0.5, 0.6) is 11.5 Å². The molecule has 8 heteroatoms. The summed E-state index contributed by atoms with van der Waals surface area (Å²) in [4.78, 5) is 4.72. The van der Waals surface area contributed by atoms with E-state index in [-0.39, 0.29) is 4.90 Å². The number of ether oxygens (including phenoxy) is 2. The number of hydrogen-bond donors (Lipinski definition) is 1. The number of nitrogens with one attached hydrogen (secondary N) is 1. The molecule has 1 N–H and O–H groups in total. The second kappa shape index (κ2) is 7.73. The third-order valence-electron chi connectivity index (χ3n) is 4.36. The van der Waals surface area contributed by atoms with Gasteiger partial charge in [-0.15, -0.1) is 11.3 Å². The minimum atomic E-state index is -3.84. The Morgan fingerprint density at radius 2 is 1.62 bits per heavy atom. The van der Waals surface area contributed by atoms with Crippen LogP contribution < -0.4 is 14.2 Å². The maximum Gasteiger partial charge on any atom is 0.262 e. The van der Waals surface area contributed by atoms with Gasteiger partial charge in [-0.25, -0.2) is 13.4 Å². The number of nitrogens with zero attached hydrogens (tertiary/aromatic N) is 1. The topological polar surface area (TPSA) is 77.5 Å². The van der Waals surface area contributed by atoms with E-state index in [0.29, 0.717) is 17.2 Å². The fourth-order valence-corrected chi connectivity index (χ4v) is 5.03. The van der Waals surface area contributed by atoms with Crippen LogP contribution in [0.15, 0.2) is 71.6 Å². The number of methoxy groups -OCH3 is 2. The Bertz CT molecular complexity index is 1250. The lowest BCUT2D eigenvalue weighted by molar-refractivity contribution is 0.354. The first-order valence-corrected chi connectivity index (χ1v) is 11.0. The summed E-state index contributed by atoms with van der Waals surface area (Å²) in [6.07, 6.45) is 0. The van der Waals surface area contributed by atoms with Crippen LogP contribution in [-0.2, 0) is 10.0 Å². The third-order valence-corrected chi connectivity index (χ3v) is 6.79. The van der Waals surface area contributed by atoms with Gasteiger partial charge in [-0.05, 0) is 36.4 Å². The molecule has 4 aromatic rings. The SMILES string of the molecule is COc1ccc(S(=O)(=O)Nc2ccccc2-c2nc3ccccc3s2)cc1OC. The molecule has 0 aliphatic heterocycles. The molecule has 0 aliphatic rings. The van der Waals surface area contributed by atoms with Crippen molar-refractivity contribution in [1.29, 1.82) is 0 Å². The first-order chi connectivity index (χ1) is 14.0. The number of benzene rings is 3. The average Bonchev–Trinajstić information content (AvgIpc) is 3.17. The lowest BCUT2D eigenvalue weighted by Crippen LogP contribution is -2.13. The first kappa shape index (κ1) is 19.2. The summed E-state index contributed by atoms with van der Waals surface area (Å²) in [6, 6.07) is 19.5. The quantitative estimate of drug-likeness (QED) is 0.480. The van der Waals surface area contributed by atoms with Gasteiger partial charge in [0.1, 0.15) is 5.01 Å². The zero-order valence-corrected chi connectivity index (χ0v) is 17.4. The normalized spacial score (nSPS) is 11.4. The molecule has 148 valence electrons. The lowest BCUT2D eigenvalue weighted by Gasteiger charge is -2.13. The van der Waals surface area contributed by atoms with Gasteiger partial charge in [-0.2, -0.15) is 0 Å². The maximum atomic E-state index is 13.0. The van der Waals surface area contributed by atoms with Crippen LogP contribution in [0.1, 0.15) is 0 Å². The summed E-state index contributed by atoms with van der Waals surface area (Å²) < 4.78 is 40.1. The first-order valence-electron chi connectivity index (χ1n) is 8.71. The van der Waals surface area contributed by atoms with E-state index in [0.717, 1.165) is 20.8 Å². The Hall–Kier alpha value is -3.10. The number of aromatic nitrogens is 1. The van der Waals surface area contributed by atoms with E-state index in [2.05, 4.69) is 9.71 Å². The Kier molecular flexibility index (Phi) is 5.12. The molecule has 4 rings (SSSR count). The largest absolute Gasteiger partial charge is 0.493 e. The molecule has 0 spiro atoms. The molecule has 0 atom stereocenters. The Balaban J connectivity index is 1.73. The molecule has 0 amide bonds. The van der Waals surface area contributed by atoms with Crippen LogP contribution in [0.3, 0.4) is 0 Å². The average molecular weight is 427 g/mol. The lowest BCUT2D eigenvalue weighted by atomic mass is 10.2. The van der Waals surface area contributed by atoms with E-state index in [1.165, 1.54) is 37.7 Å². The van der Waals surface area contributed by atoms with Crippen molar-refractivity contribution in [1.82, 2.24) is 4.98 Å². The predicted molar refractivity (Wildman–Crippen MR) is 115 cm³/mol. The van der Waals surface area contributed by atoms with Crippen molar-refractivity contribution in [3.63, 3.8) is 0 Å². The monoisotopic (exact) mass is 426 g/mol. The van der Waals surface area contributed by atoms with Crippen LogP contribution in [0.4, 0.5) is 5.69 Å². The zero-order chi connectivity index (χ0) is 20.4. The van der Waals surface area contributed by atoms with E-state index in [1.54, 1.807) is 18.2 Å². The number of rotatable bonds is 6. The van der Waals surface area contributed by atoms with Crippen molar-refractivity contribution < 1.29 is 17.9 Å². The Morgan fingerprint density at radius 3 is 2.38 bits per heavy atom. The molecule has 0 aliphatic carbocycles. The van der Waals surface area contributed by atoms with Crippen LogP contribution in [0.25, 0.3) is 20.8 Å². The van der Waals surface area contributed by atoms with Gasteiger partial charge >= 0.3 is 0 Å². The molecule has 29 heavy (non-hydrogen) atoms. The number of hydrogen-bond acceptors (Lipinski definition) is 6. The molecule has 0 fully saturated rings. The fraction of sp³-hybridized carbons (Fsp3) is 0.0952. The molecule has 1 aromatic heterocycles. The summed E-state index contributed by atoms with van der Waals surface area (Å²) in [6.45, 7) is 0. The van der Waals surface area contributed by atoms with Crippen LogP contribution in [0, 0.1) is 0 Å². The number of anilines is 1. The molecule has 0 radical (unpaired) electrons. The van der Waals surface area contributed by atoms with Crippen LogP contribution in [0.2, 0.25) is 0 Å². The second-order valence-electron chi connectivity index (χ2n) is 6.15. The van der Waals surface area contributed by atoms with Gasteiger partial charge in [-0.1, -0.05) is 24.3 Å². The number of fused-ring (bicyclic) bond motifs is 1. The Labute approximate surface area is 172 Å². The van der Waals surface area contributed by atoms with E-state index in [9.17, 15) is 8.42 Å². The highest BCUT2D eigenvalue weighted by Crippen LogP contribution is 2.36. The van der Waals surface area contributed by atoms with Gasteiger partial charge in [0.25, 0.3) is 10.0 Å². The molecule has 0 unspecified atom stereocenters. The van der Waals surface area contributed by atoms with Crippen molar-refractivity contribution in [3.8, 4) is 22.1 Å². The second-order valence-corrected chi connectivity index (χ2v) is 8.87. The molecule has 3 aromatic carbocycles. The maximum absolute atomic E-state index is 13.0. The molecule has 0 saturated heterocycles. The van der Waals surface area contributed by atoms with E-state index in [1.807, 2.05) is 36.4 Å². The summed E-state index contributed by atoms with van der Waals surface area (Å²) in [5, 5.41) is 0.747. The van der Waals surface area contributed by atoms with Crippen molar-refractivity contribution >= 4 is 37.3 Å². The summed E-state index contributed by atoms with van der Waals surface area (Å²) in [7, 11) is -0.879. The molecular formula is C21H18N2O4S2. The van der Waals surface area contributed by atoms with Gasteiger partial charge in [0.05, 0.1) is 35.0 Å². The number of thiazole rings is 1. The van der Waals surface area contributed by atoms with E-state index >= 15 is 0 Å². The molecule has 0 saturated carbocycles. The molecule has 1 heterocycles. The molecule has 6 nitrogen and oxygen atoms in total. The van der Waals surface area contributed by atoms with Gasteiger partial charge in [-0.3, -0.25) is 4.72 Å². The highest BCUT2D eigenvalue weighted by atomic mass is 32.2. The third kappa shape index (κ3) is 3.76. The molecule has 0 bridgehead atoms. The van der Waals surface area contributed by atoms with Gasteiger partial charge < -0.3 is 9.47 Å². The number of sulfonamides is 1. The minimum Gasteiger partial charge on any atom is -0.493 e. The summed E-state index contributed by atoms with van der Waals surface area (Å²) >= 11 is 1.51. The van der Waals surface area contributed by atoms with Crippen LogP contribution in [-0.4, -0.2) is 27.6 Å². The zero-order valence-electron chi connectivity index (χ0n) is 15.7. The number of para-hydroxylation sites is 2. The molecular weight excluding hydrogens is 408 g/mol. The van der Waals surface area contributed by atoms with Gasteiger partial charge in [0.15, 0.2) is 11.5 Å². The van der Waals surface area contributed by atoms with Gasteiger partial charge in [0, 0.05) is 11.6 Å². The van der Waals surface area contributed by atoms with Crippen molar-refractivity contribution in [2.45, 2.75) is 4.90 Å². The van der Waals surface area contributed by atoms with Crippen molar-refractivity contribution in [2.24, 2.45) is 0 Å². The van der Waals surface area contributed by atoms with Crippen molar-refractivity contribution in [2.75, 3.05) is 18.9 Å².